The number of aromatic nitrogens is 1. The second-order valence-corrected chi connectivity index (χ2v) is 5.40. The topological polar surface area (TPSA) is 89.4 Å². The highest BCUT2D eigenvalue weighted by Gasteiger charge is 2.14. The number of rotatable bonds is 4. The lowest BCUT2D eigenvalue weighted by Gasteiger charge is -2.10. The Balaban J connectivity index is 1.82. The zero-order valence-corrected chi connectivity index (χ0v) is 13.8. The minimum absolute atomic E-state index is 0.322. The van der Waals surface area contributed by atoms with Crippen LogP contribution in [0, 0.1) is 13.8 Å². The number of benzene rings is 1. The molecule has 1 aromatic carbocycles. The van der Waals surface area contributed by atoms with Crippen molar-refractivity contribution in [2.45, 2.75) is 13.8 Å². The van der Waals surface area contributed by atoms with Crippen LogP contribution in [0.3, 0.4) is 0 Å². The van der Waals surface area contributed by atoms with Gasteiger partial charge in [-0.15, -0.1) is 0 Å². The van der Waals surface area contributed by atoms with E-state index in [1.807, 2.05) is 26.0 Å². The number of hydrogen-bond donors (Lipinski definition) is 2. The first-order valence-electron chi connectivity index (χ1n) is 7.33. The van der Waals surface area contributed by atoms with Crippen LogP contribution >= 0.6 is 0 Å². The first-order valence-corrected chi connectivity index (χ1v) is 7.33. The van der Waals surface area contributed by atoms with Crippen LogP contribution < -0.4 is 10.6 Å². The fourth-order valence-electron chi connectivity index (χ4n) is 2.15. The molecule has 0 atom stereocenters. The van der Waals surface area contributed by atoms with E-state index < -0.39 is 24.5 Å². The molecule has 1 aromatic heterocycles. The number of imide groups is 1. The summed E-state index contributed by atoms with van der Waals surface area (Å²) in [4.78, 5) is 35.2. The van der Waals surface area contributed by atoms with Gasteiger partial charge < -0.3 is 14.6 Å². The standard InChI is InChI=1S/C17H19N3O4/c1-11-6-7-13(12(2)9-11)18-17(23)19-15(21)10-24-16(22)14-5-4-8-20(14)3/h4-9H,10H2,1-3H3,(H2,18,19,21,23). The van der Waals surface area contributed by atoms with Gasteiger partial charge in [0.1, 0.15) is 5.69 Å². The number of urea groups is 1. The molecule has 2 aromatic rings. The Bertz CT molecular complexity index is 780. The molecule has 0 aliphatic rings. The van der Waals surface area contributed by atoms with E-state index in [0.29, 0.717) is 11.4 Å². The van der Waals surface area contributed by atoms with Crippen molar-refractivity contribution >= 4 is 23.6 Å². The average Bonchev–Trinajstić information content (AvgIpc) is 2.94. The summed E-state index contributed by atoms with van der Waals surface area (Å²) < 4.78 is 6.44. The highest BCUT2D eigenvalue weighted by molar-refractivity contribution is 6.02. The second kappa shape index (κ2) is 7.45. The average molecular weight is 329 g/mol. The Morgan fingerprint density at radius 1 is 1.17 bits per heavy atom. The van der Waals surface area contributed by atoms with Gasteiger partial charge in [-0.25, -0.2) is 9.59 Å². The van der Waals surface area contributed by atoms with Crippen molar-refractivity contribution in [2.75, 3.05) is 11.9 Å². The van der Waals surface area contributed by atoms with Crippen LogP contribution in [0.1, 0.15) is 21.6 Å². The summed E-state index contributed by atoms with van der Waals surface area (Å²) in [5.41, 5.74) is 2.88. The highest BCUT2D eigenvalue weighted by atomic mass is 16.5. The minimum Gasteiger partial charge on any atom is -0.451 e. The predicted octanol–water partition coefficient (Wildman–Crippen LogP) is 2.15. The highest BCUT2D eigenvalue weighted by Crippen LogP contribution is 2.15. The Kier molecular flexibility index (Phi) is 5.36. The van der Waals surface area contributed by atoms with E-state index in [2.05, 4.69) is 10.6 Å². The molecular formula is C17H19N3O4. The lowest BCUT2D eigenvalue weighted by molar-refractivity contribution is -0.123. The molecule has 3 amide bonds. The van der Waals surface area contributed by atoms with Crippen molar-refractivity contribution < 1.29 is 19.1 Å². The van der Waals surface area contributed by atoms with E-state index in [-0.39, 0.29) is 0 Å². The van der Waals surface area contributed by atoms with Crippen molar-refractivity contribution in [3.8, 4) is 0 Å². The summed E-state index contributed by atoms with van der Waals surface area (Å²) in [7, 11) is 1.69. The molecule has 2 N–H and O–H groups in total. The van der Waals surface area contributed by atoms with Crippen LogP contribution in [0.5, 0.6) is 0 Å². The van der Waals surface area contributed by atoms with E-state index >= 15 is 0 Å². The van der Waals surface area contributed by atoms with Crippen LogP contribution in [0.25, 0.3) is 0 Å². The van der Waals surface area contributed by atoms with Gasteiger partial charge >= 0.3 is 12.0 Å². The summed E-state index contributed by atoms with van der Waals surface area (Å²) in [6, 6.07) is 8.11. The number of nitrogens with one attached hydrogen (secondary N) is 2. The number of ether oxygens (including phenoxy) is 1. The van der Waals surface area contributed by atoms with E-state index in [1.54, 1.807) is 36.0 Å². The van der Waals surface area contributed by atoms with Crippen LogP contribution in [0.4, 0.5) is 10.5 Å². The van der Waals surface area contributed by atoms with Gasteiger partial charge in [0.05, 0.1) is 0 Å². The van der Waals surface area contributed by atoms with Crippen molar-refractivity contribution in [3.63, 3.8) is 0 Å². The smallest absolute Gasteiger partial charge is 0.355 e. The van der Waals surface area contributed by atoms with Gasteiger partial charge in [-0.1, -0.05) is 17.7 Å². The molecule has 7 nitrogen and oxygen atoms in total. The summed E-state index contributed by atoms with van der Waals surface area (Å²) in [5, 5.41) is 4.69. The lowest BCUT2D eigenvalue weighted by atomic mass is 10.1. The van der Waals surface area contributed by atoms with E-state index in [1.165, 1.54) is 0 Å². The van der Waals surface area contributed by atoms with Crippen molar-refractivity contribution in [2.24, 2.45) is 7.05 Å². The maximum atomic E-state index is 11.8. The maximum absolute atomic E-state index is 11.8. The quantitative estimate of drug-likeness (QED) is 0.841. The number of hydrogen-bond acceptors (Lipinski definition) is 4. The third-order valence-electron chi connectivity index (χ3n) is 3.37. The van der Waals surface area contributed by atoms with Crippen molar-refractivity contribution in [1.29, 1.82) is 0 Å². The Morgan fingerprint density at radius 3 is 2.54 bits per heavy atom. The first-order chi connectivity index (χ1) is 11.4. The molecule has 2 rings (SSSR count). The van der Waals surface area contributed by atoms with Gasteiger partial charge in [-0.2, -0.15) is 0 Å². The third kappa shape index (κ3) is 4.45. The third-order valence-corrected chi connectivity index (χ3v) is 3.37. The fraction of sp³-hybridized carbons (Fsp3) is 0.235. The van der Waals surface area contributed by atoms with Gasteiger partial charge in [0, 0.05) is 18.9 Å². The largest absolute Gasteiger partial charge is 0.451 e. The van der Waals surface area contributed by atoms with E-state index in [0.717, 1.165) is 11.1 Å². The molecule has 0 radical (unpaired) electrons. The molecule has 0 spiro atoms. The SMILES string of the molecule is Cc1ccc(NC(=O)NC(=O)COC(=O)c2cccn2C)c(C)c1. The number of carbonyl (C=O) groups is 3. The molecule has 0 aliphatic carbocycles. The van der Waals surface area contributed by atoms with Crippen LogP contribution in [0.2, 0.25) is 0 Å². The summed E-state index contributed by atoms with van der Waals surface area (Å²) in [6.45, 7) is 3.26. The summed E-state index contributed by atoms with van der Waals surface area (Å²) >= 11 is 0. The molecule has 0 saturated heterocycles. The first kappa shape index (κ1) is 17.3. The molecule has 0 unspecified atom stereocenters. The Morgan fingerprint density at radius 2 is 1.92 bits per heavy atom. The van der Waals surface area contributed by atoms with Crippen LogP contribution in [-0.4, -0.2) is 29.1 Å². The number of amides is 3. The molecule has 0 bridgehead atoms. The zero-order valence-electron chi connectivity index (χ0n) is 13.8. The Labute approximate surface area is 139 Å². The lowest BCUT2D eigenvalue weighted by Crippen LogP contribution is -2.37. The number of anilines is 1. The molecule has 0 saturated carbocycles. The normalized spacial score (nSPS) is 10.1. The molecular weight excluding hydrogens is 310 g/mol. The van der Waals surface area contributed by atoms with Gasteiger partial charge in [0.2, 0.25) is 0 Å². The molecule has 7 heteroatoms. The predicted molar refractivity (Wildman–Crippen MR) is 88.8 cm³/mol. The van der Waals surface area contributed by atoms with Crippen LogP contribution in [-0.2, 0) is 16.6 Å². The monoisotopic (exact) mass is 329 g/mol. The molecule has 0 aliphatic heterocycles. The molecule has 126 valence electrons. The maximum Gasteiger partial charge on any atom is 0.355 e. The number of nitrogens with zero attached hydrogens (tertiary/aromatic N) is 1. The van der Waals surface area contributed by atoms with Crippen molar-refractivity contribution in [1.82, 2.24) is 9.88 Å². The zero-order chi connectivity index (χ0) is 17.7. The second-order valence-electron chi connectivity index (χ2n) is 5.40. The minimum atomic E-state index is -0.708. The van der Waals surface area contributed by atoms with Crippen LogP contribution in [0.15, 0.2) is 36.5 Å². The van der Waals surface area contributed by atoms with Gasteiger partial charge in [-0.3, -0.25) is 10.1 Å². The molecule has 24 heavy (non-hydrogen) atoms. The van der Waals surface area contributed by atoms with Crippen molar-refractivity contribution in [3.05, 3.63) is 53.3 Å². The molecule has 1 heterocycles. The van der Waals surface area contributed by atoms with Gasteiger partial charge in [0.25, 0.3) is 5.91 Å². The Hall–Kier alpha value is -3.09. The number of carbonyl (C=O) groups excluding carboxylic acids is 3. The van der Waals surface area contributed by atoms with Gasteiger partial charge in [-0.05, 0) is 37.6 Å². The summed E-state index contributed by atoms with van der Waals surface area (Å²) in [5.74, 6) is -1.34. The fourth-order valence-corrected chi connectivity index (χ4v) is 2.15. The van der Waals surface area contributed by atoms with E-state index in [4.69, 9.17) is 4.74 Å². The van der Waals surface area contributed by atoms with Gasteiger partial charge in [0.15, 0.2) is 6.61 Å². The van der Waals surface area contributed by atoms with E-state index in [9.17, 15) is 14.4 Å². The summed E-state index contributed by atoms with van der Waals surface area (Å²) in [6.07, 6.45) is 1.69. The number of aryl methyl sites for hydroxylation is 3. The molecule has 0 fully saturated rings. The number of esters is 1.